The van der Waals surface area contributed by atoms with Crippen LogP contribution in [-0.4, -0.2) is 16.9 Å². The van der Waals surface area contributed by atoms with Crippen LogP contribution in [0.2, 0.25) is 0 Å². The Kier molecular flexibility index (Phi) is 4.85. The normalized spacial score (nSPS) is 13.5. The topological polar surface area (TPSA) is 68.0 Å². The second-order valence-corrected chi connectivity index (χ2v) is 4.81. The Hall–Kier alpha value is -2.20. The average molecular weight is 269 g/mol. The van der Waals surface area contributed by atoms with Gasteiger partial charge in [-0.2, -0.15) is 0 Å². The van der Waals surface area contributed by atoms with Crippen molar-refractivity contribution in [2.24, 2.45) is 5.73 Å². The van der Waals surface area contributed by atoms with E-state index in [-0.39, 0.29) is 11.9 Å². The van der Waals surface area contributed by atoms with Gasteiger partial charge in [-0.15, -0.1) is 0 Å². The van der Waals surface area contributed by atoms with E-state index in [2.05, 4.69) is 10.3 Å². The highest BCUT2D eigenvalue weighted by Gasteiger charge is 2.16. The monoisotopic (exact) mass is 269 g/mol. The molecule has 1 aromatic carbocycles. The highest BCUT2D eigenvalue weighted by atomic mass is 16.2. The fourth-order valence-electron chi connectivity index (χ4n) is 2.00. The number of pyridine rings is 1. The Morgan fingerprint density at radius 1 is 1.25 bits per heavy atom. The van der Waals surface area contributed by atoms with Crippen LogP contribution in [0.15, 0.2) is 54.9 Å². The average Bonchev–Trinajstić information content (AvgIpc) is 2.49. The van der Waals surface area contributed by atoms with Gasteiger partial charge in [0.15, 0.2) is 0 Å². The van der Waals surface area contributed by atoms with Crippen LogP contribution in [0.4, 0.5) is 0 Å². The summed E-state index contributed by atoms with van der Waals surface area (Å²) in [6.45, 7) is 1.92. The van der Waals surface area contributed by atoms with Crippen LogP contribution in [0.5, 0.6) is 0 Å². The molecular weight excluding hydrogens is 250 g/mol. The highest BCUT2D eigenvalue weighted by Crippen LogP contribution is 2.10. The Morgan fingerprint density at radius 3 is 2.65 bits per heavy atom. The standard InChI is InChI=1S/C16H19N3O/c1-12(14-8-5-9-18-11-14)19-16(20)15(17)10-13-6-3-2-4-7-13/h2-9,11-12,15H,10,17H2,1H3,(H,19,20)/t12-,15-/m1/s1. The first-order valence-electron chi connectivity index (χ1n) is 6.66. The van der Waals surface area contributed by atoms with Gasteiger partial charge in [0.25, 0.3) is 0 Å². The zero-order valence-corrected chi connectivity index (χ0v) is 11.5. The number of hydrogen-bond donors (Lipinski definition) is 2. The molecule has 0 saturated heterocycles. The van der Waals surface area contributed by atoms with Gasteiger partial charge in [0.05, 0.1) is 12.1 Å². The van der Waals surface area contributed by atoms with E-state index in [1.165, 1.54) is 0 Å². The Labute approximate surface area is 119 Å². The van der Waals surface area contributed by atoms with Crippen molar-refractivity contribution >= 4 is 5.91 Å². The first-order valence-corrected chi connectivity index (χ1v) is 6.66. The van der Waals surface area contributed by atoms with Crippen LogP contribution in [0.1, 0.15) is 24.1 Å². The zero-order chi connectivity index (χ0) is 14.4. The number of nitrogens with zero attached hydrogens (tertiary/aromatic N) is 1. The Morgan fingerprint density at radius 2 is 2.00 bits per heavy atom. The maximum atomic E-state index is 12.1. The van der Waals surface area contributed by atoms with Crippen molar-refractivity contribution < 1.29 is 4.79 Å². The van der Waals surface area contributed by atoms with Crippen LogP contribution in [0.3, 0.4) is 0 Å². The molecule has 1 aromatic heterocycles. The molecule has 4 nitrogen and oxygen atoms in total. The molecule has 104 valence electrons. The van der Waals surface area contributed by atoms with Crippen molar-refractivity contribution in [3.05, 3.63) is 66.0 Å². The van der Waals surface area contributed by atoms with Gasteiger partial charge >= 0.3 is 0 Å². The molecule has 1 heterocycles. The zero-order valence-electron chi connectivity index (χ0n) is 11.5. The number of nitrogens with one attached hydrogen (secondary N) is 1. The fourth-order valence-corrected chi connectivity index (χ4v) is 2.00. The van der Waals surface area contributed by atoms with E-state index in [1.807, 2.05) is 49.4 Å². The smallest absolute Gasteiger partial charge is 0.237 e. The molecule has 0 saturated carbocycles. The van der Waals surface area contributed by atoms with E-state index in [0.29, 0.717) is 6.42 Å². The maximum absolute atomic E-state index is 12.1. The molecule has 2 rings (SSSR count). The molecule has 0 bridgehead atoms. The molecule has 0 aliphatic carbocycles. The van der Waals surface area contributed by atoms with Gasteiger partial charge in [-0.05, 0) is 30.5 Å². The van der Waals surface area contributed by atoms with Crippen LogP contribution < -0.4 is 11.1 Å². The summed E-state index contributed by atoms with van der Waals surface area (Å²) >= 11 is 0. The first kappa shape index (κ1) is 14.2. The van der Waals surface area contributed by atoms with Crippen LogP contribution >= 0.6 is 0 Å². The van der Waals surface area contributed by atoms with Gasteiger partial charge < -0.3 is 11.1 Å². The summed E-state index contributed by atoms with van der Waals surface area (Å²) in [6.07, 6.45) is 3.99. The molecule has 4 heteroatoms. The molecule has 0 radical (unpaired) electrons. The van der Waals surface area contributed by atoms with Crippen molar-refractivity contribution in [2.75, 3.05) is 0 Å². The third kappa shape index (κ3) is 3.90. The fraction of sp³-hybridized carbons (Fsp3) is 0.250. The number of benzene rings is 1. The largest absolute Gasteiger partial charge is 0.348 e. The summed E-state index contributed by atoms with van der Waals surface area (Å²) in [5.41, 5.74) is 7.97. The number of aromatic nitrogens is 1. The lowest BCUT2D eigenvalue weighted by Crippen LogP contribution is -2.42. The molecule has 2 atom stereocenters. The van der Waals surface area contributed by atoms with E-state index in [0.717, 1.165) is 11.1 Å². The second-order valence-electron chi connectivity index (χ2n) is 4.81. The van der Waals surface area contributed by atoms with E-state index in [4.69, 9.17) is 5.73 Å². The molecule has 0 fully saturated rings. The quantitative estimate of drug-likeness (QED) is 0.870. The third-order valence-corrected chi connectivity index (χ3v) is 3.18. The molecule has 0 spiro atoms. The maximum Gasteiger partial charge on any atom is 0.237 e. The Balaban J connectivity index is 1.91. The number of carbonyl (C=O) groups excluding carboxylic acids is 1. The van der Waals surface area contributed by atoms with E-state index >= 15 is 0 Å². The predicted molar refractivity (Wildman–Crippen MR) is 78.9 cm³/mol. The van der Waals surface area contributed by atoms with Crippen molar-refractivity contribution in [1.29, 1.82) is 0 Å². The third-order valence-electron chi connectivity index (χ3n) is 3.18. The van der Waals surface area contributed by atoms with Crippen molar-refractivity contribution in [3.8, 4) is 0 Å². The number of rotatable bonds is 5. The van der Waals surface area contributed by atoms with Gasteiger partial charge in [-0.1, -0.05) is 36.4 Å². The van der Waals surface area contributed by atoms with Gasteiger partial charge in [0, 0.05) is 12.4 Å². The molecule has 20 heavy (non-hydrogen) atoms. The predicted octanol–water partition coefficient (Wildman–Crippen LogP) is 1.83. The molecule has 0 unspecified atom stereocenters. The summed E-state index contributed by atoms with van der Waals surface area (Å²) in [5, 5.41) is 2.91. The lowest BCUT2D eigenvalue weighted by atomic mass is 10.1. The van der Waals surface area contributed by atoms with E-state index in [1.54, 1.807) is 12.4 Å². The van der Waals surface area contributed by atoms with Crippen molar-refractivity contribution in [2.45, 2.75) is 25.4 Å². The van der Waals surface area contributed by atoms with Crippen LogP contribution in [0, 0.1) is 0 Å². The minimum Gasteiger partial charge on any atom is -0.348 e. The second kappa shape index (κ2) is 6.82. The summed E-state index contributed by atoms with van der Waals surface area (Å²) < 4.78 is 0. The number of carbonyl (C=O) groups is 1. The summed E-state index contributed by atoms with van der Waals surface area (Å²) in [5.74, 6) is -0.148. The van der Waals surface area contributed by atoms with E-state index in [9.17, 15) is 4.79 Å². The molecule has 0 aliphatic heterocycles. The highest BCUT2D eigenvalue weighted by molar-refractivity contribution is 5.82. The number of hydrogen-bond acceptors (Lipinski definition) is 3. The minimum absolute atomic E-state index is 0.0991. The summed E-state index contributed by atoms with van der Waals surface area (Å²) in [6, 6.07) is 12.9. The van der Waals surface area contributed by atoms with Gasteiger partial charge in [-0.3, -0.25) is 9.78 Å². The van der Waals surface area contributed by atoms with Gasteiger partial charge in [-0.25, -0.2) is 0 Å². The molecule has 3 N–H and O–H groups in total. The Bertz CT molecular complexity index is 542. The number of nitrogens with two attached hydrogens (primary N) is 1. The van der Waals surface area contributed by atoms with Crippen molar-refractivity contribution in [3.63, 3.8) is 0 Å². The van der Waals surface area contributed by atoms with Crippen LogP contribution in [0.25, 0.3) is 0 Å². The molecule has 0 aliphatic rings. The molecule has 1 amide bonds. The minimum atomic E-state index is -0.545. The van der Waals surface area contributed by atoms with Crippen molar-refractivity contribution in [1.82, 2.24) is 10.3 Å². The molecule has 2 aromatic rings. The van der Waals surface area contributed by atoms with Gasteiger partial charge in [0.1, 0.15) is 0 Å². The summed E-state index contributed by atoms with van der Waals surface area (Å²) in [7, 11) is 0. The lowest BCUT2D eigenvalue weighted by Gasteiger charge is -2.17. The van der Waals surface area contributed by atoms with Crippen LogP contribution in [-0.2, 0) is 11.2 Å². The molecular formula is C16H19N3O. The van der Waals surface area contributed by atoms with E-state index < -0.39 is 6.04 Å². The SMILES string of the molecule is C[C@@H](NC(=O)[C@H](N)Cc1ccccc1)c1cccnc1. The first-order chi connectivity index (χ1) is 9.66. The lowest BCUT2D eigenvalue weighted by molar-refractivity contribution is -0.123. The van der Waals surface area contributed by atoms with Gasteiger partial charge in [0.2, 0.25) is 5.91 Å². The summed E-state index contributed by atoms with van der Waals surface area (Å²) in [4.78, 5) is 16.1. The number of amides is 1.